The largest absolute Gasteiger partial charge is 0.465 e. The fourth-order valence-corrected chi connectivity index (χ4v) is 3.19. The number of amides is 1. The van der Waals surface area contributed by atoms with E-state index in [1.165, 1.54) is 4.90 Å². The monoisotopic (exact) mass is 329 g/mol. The first kappa shape index (κ1) is 14.2. The molecule has 7 nitrogen and oxygen atoms in total. The van der Waals surface area contributed by atoms with Gasteiger partial charge in [-0.1, -0.05) is 11.6 Å². The molecule has 3 heterocycles. The summed E-state index contributed by atoms with van der Waals surface area (Å²) in [6, 6.07) is -0.0461. The van der Waals surface area contributed by atoms with E-state index in [2.05, 4.69) is 9.97 Å². The maximum atomic E-state index is 11.1. The zero-order valence-electron chi connectivity index (χ0n) is 11.0. The molecule has 2 aromatic rings. The summed E-state index contributed by atoms with van der Waals surface area (Å²) in [6.45, 7) is 0.924. The summed E-state index contributed by atoms with van der Waals surface area (Å²) in [5, 5.41) is 10.2. The SMILES string of the molecule is Nc1nc(Cl)nc2c1c(Cl)cn2[C@@H]1CCCN(C(=O)O)C1. The van der Waals surface area contributed by atoms with E-state index in [4.69, 9.17) is 34.0 Å². The van der Waals surface area contributed by atoms with Gasteiger partial charge < -0.3 is 20.3 Å². The number of nitrogens with zero attached hydrogens (tertiary/aromatic N) is 4. The van der Waals surface area contributed by atoms with Crippen LogP contribution in [0.1, 0.15) is 18.9 Å². The summed E-state index contributed by atoms with van der Waals surface area (Å²) in [4.78, 5) is 20.6. The average Bonchev–Trinajstić information content (AvgIpc) is 2.76. The van der Waals surface area contributed by atoms with E-state index in [0.29, 0.717) is 29.1 Å². The first-order valence-electron chi connectivity index (χ1n) is 6.44. The van der Waals surface area contributed by atoms with Crippen molar-refractivity contribution in [2.24, 2.45) is 0 Å². The van der Waals surface area contributed by atoms with Crippen molar-refractivity contribution in [3.8, 4) is 0 Å². The number of piperidine rings is 1. The van der Waals surface area contributed by atoms with Crippen molar-refractivity contribution in [1.82, 2.24) is 19.4 Å². The van der Waals surface area contributed by atoms with Crippen LogP contribution in [0.25, 0.3) is 11.0 Å². The number of aromatic nitrogens is 3. The fraction of sp³-hybridized carbons (Fsp3) is 0.417. The Kier molecular flexibility index (Phi) is 3.54. The van der Waals surface area contributed by atoms with E-state index in [0.717, 1.165) is 12.8 Å². The Morgan fingerprint density at radius 3 is 2.90 bits per heavy atom. The number of rotatable bonds is 1. The van der Waals surface area contributed by atoms with Crippen LogP contribution in [-0.4, -0.2) is 43.7 Å². The van der Waals surface area contributed by atoms with Crippen molar-refractivity contribution in [3.63, 3.8) is 0 Å². The van der Waals surface area contributed by atoms with E-state index >= 15 is 0 Å². The molecule has 1 saturated heterocycles. The predicted molar refractivity (Wildman–Crippen MR) is 79.8 cm³/mol. The minimum Gasteiger partial charge on any atom is -0.465 e. The van der Waals surface area contributed by atoms with Crippen LogP contribution in [0.2, 0.25) is 10.3 Å². The number of nitrogen functional groups attached to an aromatic ring is 1. The third kappa shape index (κ3) is 2.47. The van der Waals surface area contributed by atoms with Crippen molar-refractivity contribution < 1.29 is 9.90 Å². The molecule has 3 N–H and O–H groups in total. The highest BCUT2D eigenvalue weighted by Gasteiger charge is 2.27. The van der Waals surface area contributed by atoms with Crippen molar-refractivity contribution in [1.29, 1.82) is 0 Å². The van der Waals surface area contributed by atoms with Crippen LogP contribution in [0.5, 0.6) is 0 Å². The summed E-state index contributed by atoms with van der Waals surface area (Å²) >= 11 is 12.1. The van der Waals surface area contributed by atoms with E-state index in [9.17, 15) is 4.79 Å². The van der Waals surface area contributed by atoms with Gasteiger partial charge >= 0.3 is 6.09 Å². The summed E-state index contributed by atoms with van der Waals surface area (Å²) in [5.74, 6) is 0.222. The molecule has 112 valence electrons. The summed E-state index contributed by atoms with van der Waals surface area (Å²) in [6.07, 6.45) is 2.41. The molecule has 9 heteroatoms. The molecule has 0 aromatic carbocycles. The maximum Gasteiger partial charge on any atom is 0.407 e. The summed E-state index contributed by atoms with van der Waals surface area (Å²) in [5.41, 5.74) is 6.38. The third-order valence-corrected chi connectivity index (χ3v) is 4.14. The lowest BCUT2D eigenvalue weighted by atomic mass is 10.1. The topological polar surface area (TPSA) is 97.3 Å². The van der Waals surface area contributed by atoms with Gasteiger partial charge in [0.15, 0.2) is 0 Å². The lowest BCUT2D eigenvalue weighted by Crippen LogP contribution is -2.39. The molecular weight excluding hydrogens is 317 g/mol. The number of fused-ring (bicyclic) bond motifs is 1. The lowest BCUT2D eigenvalue weighted by molar-refractivity contribution is 0.122. The number of halogens is 2. The van der Waals surface area contributed by atoms with Gasteiger partial charge in [-0.05, 0) is 24.4 Å². The maximum absolute atomic E-state index is 11.1. The normalized spacial score (nSPS) is 19.1. The zero-order valence-corrected chi connectivity index (χ0v) is 12.5. The Balaban J connectivity index is 2.06. The molecular formula is C12H13Cl2N5O2. The van der Waals surface area contributed by atoms with Crippen molar-refractivity contribution in [3.05, 3.63) is 16.5 Å². The zero-order chi connectivity index (χ0) is 15.1. The van der Waals surface area contributed by atoms with Crippen LogP contribution in [-0.2, 0) is 0 Å². The van der Waals surface area contributed by atoms with Gasteiger partial charge in [-0.3, -0.25) is 0 Å². The number of hydrogen-bond donors (Lipinski definition) is 2. The highest BCUT2D eigenvalue weighted by atomic mass is 35.5. The average molecular weight is 330 g/mol. The standard InChI is InChI=1S/C12H13Cl2N5O2/c13-7-5-19(6-2-1-3-18(4-6)12(20)21)10-8(7)9(15)16-11(14)17-10/h5-6H,1-4H2,(H,20,21)(H2,15,16,17)/t6-/m1/s1. The summed E-state index contributed by atoms with van der Waals surface area (Å²) < 4.78 is 1.84. The van der Waals surface area contributed by atoms with Crippen LogP contribution in [0.4, 0.5) is 10.6 Å². The third-order valence-electron chi connectivity index (χ3n) is 3.69. The highest BCUT2D eigenvalue weighted by Crippen LogP contribution is 2.34. The first-order valence-corrected chi connectivity index (χ1v) is 7.20. The fourth-order valence-electron chi connectivity index (χ4n) is 2.74. The molecule has 0 aliphatic carbocycles. The van der Waals surface area contributed by atoms with Crippen LogP contribution < -0.4 is 5.73 Å². The molecule has 0 saturated carbocycles. The molecule has 1 atom stereocenters. The smallest absolute Gasteiger partial charge is 0.407 e. The Morgan fingerprint density at radius 1 is 1.43 bits per heavy atom. The van der Waals surface area contributed by atoms with Gasteiger partial charge in [-0.15, -0.1) is 0 Å². The molecule has 21 heavy (non-hydrogen) atoms. The number of hydrogen-bond acceptors (Lipinski definition) is 4. The van der Waals surface area contributed by atoms with Crippen LogP contribution >= 0.6 is 23.2 Å². The van der Waals surface area contributed by atoms with Crippen molar-refractivity contribution in [2.45, 2.75) is 18.9 Å². The van der Waals surface area contributed by atoms with Crippen LogP contribution in [0.3, 0.4) is 0 Å². The van der Waals surface area contributed by atoms with E-state index in [1.54, 1.807) is 6.20 Å². The van der Waals surface area contributed by atoms with Crippen molar-refractivity contribution >= 4 is 46.1 Å². The van der Waals surface area contributed by atoms with Gasteiger partial charge in [0, 0.05) is 19.3 Å². The van der Waals surface area contributed by atoms with Crippen molar-refractivity contribution in [2.75, 3.05) is 18.8 Å². The molecule has 0 unspecified atom stereocenters. The molecule has 1 aliphatic rings. The van der Waals surface area contributed by atoms with Gasteiger partial charge in [-0.25, -0.2) is 9.78 Å². The molecule has 1 fully saturated rings. The van der Waals surface area contributed by atoms with Crippen LogP contribution in [0.15, 0.2) is 6.20 Å². The number of likely N-dealkylation sites (tertiary alicyclic amines) is 1. The Labute approximate surface area is 130 Å². The molecule has 0 radical (unpaired) electrons. The minimum atomic E-state index is -0.922. The Morgan fingerprint density at radius 2 is 2.19 bits per heavy atom. The van der Waals surface area contributed by atoms with Crippen LogP contribution in [0, 0.1) is 0 Å². The van der Waals surface area contributed by atoms with Gasteiger partial charge in [0.2, 0.25) is 5.28 Å². The number of carbonyl (C=O) groups is 1. The second kappa shape index (κ2) is 5.23. The second-order valence-corrected chi connectivity index (χ2v) is 5.73. The Hall–Kier alpha value is -1.73. The number of anilines is 1. The number of carboxylic acid groups (broad SMARTS) is 1. The van der Waals surface area contributed by atoms with Gasteiger partial charge in [-0.2, -0.15) is 4.98 Å². The van der Waals surface area contributed by atoms with Gasteiger partial charge in [0.05, 0.1) is 16.5 Å². The lowest BCUT2D eigenvalue weighted by Gasteiger charge is -2.31. The second-order valence-electron chi connectivity index (χ2n) is 4.99. The molecule has 3 rings (SSSR count). The number of nitrogens with two attached hydrogens (primary N) is 1. The molecule has 0 spiro atoms. The molecule has 0 bridgehead atoms. The first-order chi connectivity index (χ1) is 9.97. The minimum absolute atomic E-state index is 0.0434. The summed E-state index contributed by atoms with van der Waals surface area (Å²) in [7, 11) is 0. The molecule has 1 amide bonds. The quantitative estimate of drug-likeness (QED) is 0.784. The molecule has 2 aromatic heterocycles. The highest BCUT2D eigenvalue weighted by molar-refractivity contribution is 6.36. The molecule has 1 aliphatic heterocycles. The van der Waals surface area contributed by atoms with Gasteiger partial charge in [0.25, 0.3) is 0 Å². The van der Waals surface area contributed by atoms with E-state index in [1.807, 2.05) is 4.57 Å². The van der Waals surface area contributed by atoms with E-state index in [-0.39, 0.29) is 17.1 Å². The van der Waals surface area contributed by atoms with E-state index < -0.39 is 6.09 Å². The Bertz CT molecular complexity index is 717. The van der Waals surface area contributed by atoms with Gasteiger partial charge in [0.1, 0.15) is 11.5 Å². The predicted octanol–water partition coefficient (Wildman–Crippen LogP) is 2.64.